The topological polar surface area (TPSA) is 49.4 Å². The van der Waals surface area contributed by atoms with E-state index in [9.17, 15) is 9.59 Å². The average Bonchev–Trinajstić information content (AvgIpc) is 2.98. The van der Waals surface area contributed by atoms with Gasteiger partial charge in [-0.2, -0.15) is 0 Å². The van der Waals surface area contributed by atoms with Crippen molar-refractivity contribution in [3.63, 3.8) is 0 Å². The Kier molecular flexibility index (Phi) is 5.40. The molecule has 0 spiro atoms. The Balaban J connectivity index is 1.82. The van der Waals surface area contributed by atoms with Gasteiger partial charge in [-0.15, -0.1) is 0 Å². The molecule has 0 saturated heterocycles. The largest absolute Gasteiger partial charge is 0.326 e. The molecule has 0 aliphatic carbocycles. The second-order valence-electron chi connectivity index (χ2n) is 6.94. The fourth-order valence-corrected chi connectivity index (χ4v) is 3.65. The maximum atomic E-state index is 13.1. The summed E-state index contributed by atoms with van der Waals surface area (Å²) in [6.07, 6.45) is 2.49. The first-order valence-corrected chi connectivity index (χ1v) is 9.37. The van der Waals surface area contributed by atoms with Crippen LogP contribution < -0.4 is 10.2 Å². The zero-order valence-electron chi connectivity index (χ0n) is 15.7. The summed E-state index contributed by atoms with van der Waals surface area (Å²) in [5.74, 6) is -0.0135. The number of amides is 2. The van der Waals surface area contributed by atoms with Crippen molar-refractivity contribution in [3.8, 4) is 0 Å². The minimum Gasteiger partial charge on any atom is -0.326 e. The van der Waals surface area contributed by atoms with Gasteiger partial charge in [-0.1, -0.05) is 38.1 Å². The second kappa shape index (κ2) is 7.73. The van der Waals surface area contributed by atoms with Gasteiger partial charge in [0.1, 0.15) is 0 Å². The summed E-state index contributed by atoms with van der Waals surface area (Å²) >= 11 is 0. The molecule has 1 heterocycles. The summed E-state index contributed by atoms with van der Waals surface area (Å²) < 4.78 is 0. The lowest BCUT2D eigenvalue weighted by molar-refractivity contribution is -0.120. The summed E-state index contributed by atoms with van der Waals surface area (Å²) in [6, 6.07) is 15.4. The predicted molar refractivity (Wildman–Crippen MR) is 106 cm³/mol. The van der Waals surface area contributed by atoms with Gasteiger partial charge in [-0.25, -0.2) is 0 Å². The number of rotatable bonds is 5. The van der Waals surface area contributed by atoms with Crippen molar-refractivity contribution in [3.05, 3.63) is 59.7 Å². The molecule has 136 valence electrons. The first-order valence-electron chi connectivity index (χ1n) is 9.37. The standard InChI is InChI=1S/C22H26N2O2/c1-4-16(5-2)21(25)23-19-11-8-10-18(14-19)22(26)24-15(3)13-17-9-6-7-12-20(17)24/h6-12,14-16H,4-5,13H2,1-3H3,(H,23,25)/t15-/m0/s1. The highest BCUT2D eigenvalue weighted by molar-refractivity contribution is 6.08. The van der Waals surface area contributed by atoms with Gasteiger partial charge in [0.25, 0.3) is 5.91 Å². The molecule has 0 aromatic heterocycles. The number of nitrogens with one attached hydrogen (secondary N) is 1. The summed E-state index contributed by atoms with van der Waals surface area (Å²) in [4.78, 5) is 27.3. The number of nitrogens with zero attached hydrogens (tertiary/aromatic N) is 1. The molecule has 0 bridgehead atoms. The first-order chi connectivity index (χ1) is 12.5. The van der Waals surface area contributed by atoms with E-state index in [1.165, 1.54) is 5.56 Å². The molecular weight excluding hydrogens is 324 g/mol. The van der Waals surface area contributed by atoms with Crippen molar-refractivity contribution in [2.24, 2.45) is 5.92 Å². The molecule has 1 aliphatic heterocycles. The van der Waals surface area contributed by atoms with Crippen LogP contribution in [0.25, 0.3) is 0 Å². The van der Waals surface area contributed by atoms with Crippen molar-refractivity contribution in [2.45, 2.75) is 46.1 Å². The average molecular weight is 350 g/mol. The molecule has 2 aromatic rings. The molecule has 1 aliphatic rings. The molecule has 0 radical (unpaired) electrons. The van der Waals surface area contributed by atoms with Crippen LogP contribution in [0.1, 0.15) is 49.5 Å². The summed E-state index contributed by atoms with van der Waals surface area (Å²) in [7, 11) is 0. The van der Waals surface area contributed by atoms with Gasteiger partial charge >= 0.3 is 0 Å². The highest BCUT2D eigenvalue weighted by Crippen LogP contribution is 2.33. The molecule has 1 atom stereocenters. The van der Waals surface area contributed by atoms with Gasteiger partial charge < -0.3 is 10.2 Å². The van der Waals surface area contributed by atoms with Crippen LogP contribution in [0.2, 0.25) is 0 Å². The third kappa shape index (κ3) is 3.50. The van der Waals surface area contributed by atoms with Crippen LogP contribution in [-0.2, 0) is 11.2 Å². The minimum atomic E-state index is -0.0268. The first kappa shape index (κ1) is 18.2. The summed E-state index contributed by atoms with van der Waals surface area (Å²) in [5, 5.41) is 2.95. The molecule has 2 aromatic carbocycles. The predicted octanol–water partition coefficient (Wildman–Crippen LogP) is 4.65. The highest BCUT2D eigenvalue weighted by Gasteiger charge is 2.31. The molecule has 0 fully saturated rings. The zero-order chi connectivity index (χ0) is 18.7. The molecule has 4 heteroatoms. The maximum absolute atomic E-state index is 13.1. The van der Waals surface area contributed by atoms with Gasteiger partial charge in [0, 0.05) is 28.9 Å². The van der Waals surface area contributed by atoms with Gasteiger partial charge in [-0.05, 0) is 56.0 Å². The van der Waals surface area contributed by atoms with Crippen LogP contribution in [0, 0.1) is 5.92 Å². The van der Waals surface area contributed by atoms with Crippen LogP contribution in [0.15, 0.2) is 48.5 Å². The highest BCUT2D eigenvalue weighted by atomic mass is 16.2. The van der Waals surface area contributed by atoms with Crippen molar-refractivity contribution in [2.75, 3.05) is 10.2 Å². The lowest BCUT2D eigenvalue weighted by Gasteiger charge is -2.23. The van der Waals surface area contributed by atoms with Crippen LogP contribution in [0.3, 0.4) is 0 Å². The van der Waals surface area contributed by atoms with Gasteiger partial charge in [0.05, 0.1) is 0 Å². The molecule has 3 rings (SSSR count). The number of hydrogen-bond acceptors (Lipinski definition) is 2. The zero-order valence-corrected chi connectivity index (χ0v) is 15.7. The quantitative estimate of drug-likeness (QED) is 0.853. The van der Waals surface area contributed by atoms with E-state index in [0.717, 1.165) is 24.9 Å². The van der Waals surface area contributed by atoms with Gasteiger partial charge in [-0.3, -0.25) is 9.59 Å². The molecule has 0 unspecified atom stereocenters. The fraction of sp³-hybridized carbons (Fsp3) is 0.364. The number of anilines is 2. The van der Waals surface area contributed by atoms with Crippen molar-refractivity contribution in [1.82, 2.24) is 0 Å². The number of fused-ring (bicyclic) bond motifs is 1. The molecule has 2 amide bonds. The second-order valence-corrected chi connectivity index (χ2v) is 6.94. The summed E-state index contributed by atoms with van der Waals surface area (Å²) in [6.45, 7) is 6.09. The molecule has 26 heavy (non-hydrogen) atoms. The third-order valence-corrected chi connectivity index (χ3v) is 5.16. The Morgan fingerprint density at radius 3 is 2.58 bits per heavy atom. The number of carbonyl (C=O) groups excluding carboxylic acids is 2. The molecule has 4 nitrogen and oxygen atoms in total. The van der Waals surface area contributed by atoms with Crippen LogP contribution in [0.4, 0.5) is 11.4 Å². The fourth-order valence-electron chi connectivity index (χ4n) is 3.65. The van der Waals surface area contributed by atoms with Crippen LogP contribution in [-0.4, -0.2) is 17.9 Å². The van der Waals surface area contributed by atoms with E-state index in [4.69, 9.17) is 0 Å². The SMILES string of the molecule is CCC(CC)C(=O)Nc1cccc(C(=O)N2c3ccccc3C[C@@H]2C)c1. The van der Waals surface area contributed by atoms with E-state index in [1.807, 2.05) is 55.1 Å². The van der Waals surface area contributed by atoms with Crippen LogP contribution in [0.5, 0.6) is 0 Å². The van der Waals surface area contributed by atoms with E-state index in [-0.39, 0.29) is 23.8 Å². The molecular formula is C22H26N2O2. The molecule has 1 N–H and O–H groups in total. The number of carbonyl (C=O) groups is 2. The van der Waals surface area contributed by atoms with E-state index < -0.39 is 0 Å². The van der Waals surface area contributed by atoms with Crippen molar-refractivity contribution in [1.29, 1.82) is 0 Å². The van der Waals surface area contributed by atoms with E-state index >= 15 is 0 Å². The molecule has 0 saturated carbocycles. The maximum Gasteiger partial charge on any atom is 0.258 e. The Bertz CT molecular complexity index is 811. The number of benzene rings is 2. The van der Waals surface area contributed by atoms with E-state index in [2.05, 4.69) is 18.3 Å². The number of hydrogen-bond donors (Lipinski definition) is 1. The Morgan fingerprint density at radius 1 is 1.12 bits per heavy atom. The van der Waals surface area contributed by atoms with Crippen molar-refractivity contribution < 1.29 is 9.59 Å². The Labute approximate surface area is 155 Å². The summed E-state index contributed by atoms with van der Waals surface area (Å²) in [5.41, 5.74) is 3.45. The Hall–Kier alpha value is -2.62. The smallest absolute Gasteiger partial charge is 0.258 e. The number of para-hydroxylation sites is 1. The van der Waals surface area contributed by atoms with Crippen molar-refractivity contribution >= 4 is 23.2 Å². The Morgan fingerprint density at radius 2 is 1.85 bits per heavy atom. The normalized spacial score (nSPS) is 15.8. The minimum absolute atomic E-state index is 0.000149. The third-order valence-electron chi connectivity index (χ3n) is 5.16. The van der Waals surface area contributed by atoms with E-state index in [1.54, 1.807) is 6.07 Å². The lowest BCUT2D eigenvalue weighted by Crippen LogP contribution is -2.35. The van der Waals surface area contributed by atoms with Gasteiger partial charge in [0.15, 0.2) is 0 Å². The lowest BCUT2D eigenvalue weighted by atomic mass is 10.0. The van der Waals surface area contributed by atoms with Crippen LogP contribution >= 0.6 is 0 Å². The van der Waals surface area contributed by atoms with Gasteiger partial charge in [0.2, 0.25) is 5.91 Å². The monoisotopic (exact) mass is 350 g/mol. The van der Waals surface area contributed by atoms with E-state index in [0.29, 0.717) is 11.3 Å².